The Bertz CT molecular complexity index is 578. The van der Waals surface area contributed by atoms with Crippen LogP contribution in [-0.4, -0.2) is 22.1 Å². The first kappa shape index (κ1) is 16.0. The van der Waals surface area contributed by atoms with Gasteiger partial charge in [0.2, 0.25) is 0 Å². The van der Waals surface area contributed by atoms with Crippen LogP contribution in [0.2, 0.25) is 0 Å². The molecule has 0 saturated heterocycles. The number of nitrogens with one attached hydrogen (secondary N) is 1. The molecular formula is C18H29N3. The molecule has 1 unspecified atom stereocenters. The van der Waals surface area contributed by atoms with E-state index in [-0.39, 0.29) is 0 Å². The van der Waals surface area contributed by atoms with Crippen LogP contribution in [0.4, 0.5) is 0 Å². The van der Waals surface area contributed by atoms with Crippen LogP contribution in [0.5, 0.6) is 0 Å². The maximum absolute atomic E-state index is 4.81. The van der Waals surface area contributed by atoms with Crippen molar-refractivity contribution in [3.8, 4) is 0 Å². The number of benzene rings is 1. The minimum atomic E-state index is 0.329. The molecule has 0 saturated carbocycles. The zero-order chi connectivity index (χ0) is 15.5. The van der Waals surface area contributed by atoms with Gasteiger partial charge >= 0.3 is 0 Å². The van der Waals surface area contributed by atoms with Crippen molar-refractivity contribution in [2.24, 2.45) is 12.5 Å². The molecular weight excluding hydrogens is 258 g/mol. The van der Waals surface area contributed by atoms with Crippen LogP contribution < -0.4 is 5.32 Å². The number of imidazole rings is 1. The SMILES string of the molecule is CCCNC(Cc1nc2ccccc2n1C)CC(C)(C)C. The first-order chi connectivity index (χ1) is 9.90. The van der Waals surface area contributed by atoms with Crippen LogP contribution in [-0.2, 0) is 13.5 Å². The second-order valence-corrected chi connectivity index (χ2v) is 7.20. The van der Waals surface area contributed by atoms with Crippen molar-refractivity contribution >= 4 is 11.0 Å². The Labute approximate surface area is 128 Å². The Morgan fingerprint density at radius 1 is 1.24 bits per heavy atom. The minimum Gasteiger partial charge on any atom is -0.331 e. The molecule has 1 aromatic carbocycles. The molecule has 1 N–H and O–H groups in total. The van der Waals surface area contributed by atoms with Crippen molar-refractivity contribution in [2.75, 3.05) is 6.54 Å². The largest absolute Gasteiger partial charge is 0.331 e. The second-order valence-electron chi connectivity index (χ2n) is 7.20. The summed E-state index contributed by atoms with van der Waals surface area (Å²) >= 11 is 0. The zero-order valence-electron chi connectivity index (χ0n) is 14.1. The highest BCUT2D eigenvalue weighted by molar-refractivity contribution is 5.75. The summed E-state index contributed by atoms with van der Waals surface area (Å²) in [6.07, 6.45) is 3.32. The fourth-order valence-electron chi connectivity index (χ4n) is 2.90. The fourth-order valence-corrected chi connectivity index (χ4v) is 2.90. The smallest absolute Gasteiger partial charge is 0.111 e. The molecule has 0 aliphatic carbocycles. The number of rotatable bonds is 6. The summed E-state index contributed by atoms with van der Waals surface area (Å²) in [5.41, 5.74) is 2.65. The van der Waals surface area contributed by atoms with E-state index in [9.17, 15) is 0 Å². The van der Waals surface area contributed by atoms with E-state index in [1.807, 2.05) is 0 Å². The average Bonchev–Trinajstić information content (AvgIpc) is 2.72. The summed E-state index contributed by atoms with van der Waals surface area (Å²) in [7, 11) is 2.12. The highest BCUT2D eigenvalue weighted by Gasteiger charge is 2.20. The van der Waals surface area contributed by atoms with Crippen molar-refractivity contribution in [2.45, 2.75) is 53.0 Å². The van der Waals surface area contributed by atoms with Gasteiger partial charge in [0.25, 0.3) is 0 Å². The fraction of sp³-hybridized carbons (Fsp3) is 0.611. The van der Waals surface area contributed by atoms with Gasteiger partial charge in [-0.3, -0.25) is 0 Å². The van der Waals surface area contributed by atoms with E-state index in [2.05, 4.69) is 68.9 Å². The second kappa shape index (κ2) is 6.61. The molecule has 0 radical (unpaired) electrons. The van der Waals surface area contributed by atoms with Gasteiger partial charge in [-0.25, -0.2) is 4.98 Å². The lowest BCUT2D eigenvalue weighted by Crippen LogP contribution is -2.36. The van der Waals surface area contributed by atoms with Gasteiger partial charge in [-0.05, 0) is 36.9 Å². The molecule has 3 nitrogen and oxygen atoms in total. The first-order valence-electron chi connectivity index (χ1n) is 8.04. The number of aryl methyl sites for hydroxylation is 1. The molecule has 1 aromatic heterocycles. The van der Waals surface area contributed by atoms with Crippen molar-refractivity contribution in [1.29, 1.82) is 0 Å². The third kappa shape index (κ3) is 4.31. The Hall–Kier alpha value is -1.35. The zero-order valence-corrected chi connectivity index (χ0v) is 14.1. The van der Waals surface area contributed by atoms with Gasteiger partial charge in [0.1, 0.15) is 5.82 Å². The molecule has 1 atom stereocenters. The van der Waals surface area contributed by atoms with E-state index in [1.54, 1.807) is 0 Å². The normalized spacial score (nSPS) is 13.8. The van der Waals surface area contributed by atoms with E-state index < -0.39 is 0 Å². The summed E-state index contributed by atoms with van der Waals surface area (Å²) in [6, 6.07) is 8.86. The third-order valence-electron chi connectivity index (χ3n) is 3.85. The van der Waals surface area contributed by atoms with Crippen molar-refractivity contribution in [3.05, 3.63) is 30.1 Å². The Balaban J connectivity index is 2.19. The Morgan fingerprint density at radius 3 is 2.57 bits per heavy atom. The molecule has 3 heteroatoms. The highest BCUT2D eigenvalue weighted by Crippen LogP contribution is 2.23. The van der Waals surface area contributed by atoms with Gasteiger partial charge in [0.15, 0.2) is 0 Å². The lowest BCUT2D eigenvalue weighted by molar-refractivity contribution is 0.303. The maximum atomic E-state index is 4.81. The quantitative estimate of drug-likeness (QED) is 0.872. The van der Waals surface area contributed by atoms with Gasteiger partial charge in [-0.1, -0.05) is 39.8 Å². The molecule has 21 heavy (non-hydrogen) atoms. The van der Waals surface area contributed by atoms with Crippen LogP contribution in [0.1, 0.15) is 46.4 Å². The molecule has 116 valence electrons. The molecule has 0 spiro atoms. The van der Waals surface area contributed by atoms with E-state index >= 15 is 0 Å². The Kier molecular flexibility index (Phi) is 5.04. The van der Waals surface area contributed by atoms with Gasteiger partial charge in [-0.2, -0.15) is 0 Å². The molecule has 0 bridgehead atoms. The number of aromatic nitrogens is 2. The predicted octanol–water partition coefficient (Wildman–Crippen LogP) is 3.92. The molecule has 0 amide bonds. The third-order valence-corrected chi connectivity index (χ3v) is 3.85. The lowest BCUT2D eigenvalue weighted by Gasteiger charge is -2.26. The molecule has 0 aliphatic heterocycles. The molecule has 2 rings (SSSR count). The van der Waals surface area contributed by atoms with E-state index in [1.165, 1.54) is 17.8 Å². The van der Waals surface area contributed by atoms with Crippen molar-refractivity contribution in [3.63, 3.8) is 0 Å². The van der Waals surface area contributed by atoms with Crippen LogP contribution >= 0.6 is 0 Å². The standard InChI is InChI=1S/C18H29N3/c1-6-11-19-14(13-18(2,3)4)12-17-20-15-9-7-8-10-16(15)21(17)5/h7-10,14,19H,6,11-13H2,1-5H3. The van der Waals surface area contributed by atoms with Gasteiger partial charge in [0, 0.05) is 19.5 Å². The summed E-state index contributed by atoms with van der Waals surface area (Å²) in [4.78, 5) is 4.81. The molecule has 0 fully saturated rings. The molecule has 0 aliphatic rings. The monoisotopic (exact) mass is 287 g/mol. The van der Waals surface area contributed by atoms with Crippen molar-refractivity contribution < 1.29 is 0 Å². The Morgan fingerprint density at radius 2 is 1.95 bits per heavy atom. The minimum absolute atomic E-state index is 0.329. The van der Waals surface area contributed by atoms with E-state index in [0.717, 1.165) is 24.9 Å². The maximum Gasteiger partial charge on any atom is 0.111 e. The van der Waals surface area contributed by atoms with Crippen LogP contribution in [0, 0.1) is 5.41 Å². The number of nitrogens with zero attached hydrogens (tertiary/aromatic N) is 2. The van der Waals surface area contributed by atoms with Gasteiger partial charge in [-0.15, -0.1) is 0 Å². The summed E-state index contributed by atoms with van der Waals surface area (Å²) in [6.45, 7) is 10.2. The number of para-hydroxylation sites is 2. The summed E-state index contributed by atoms with van der Waals surface area (Å²) < 4.78 is 2.23. The highest BCUT2D eigenvalue weighted by atomic mass is 15.1. The number of hydrogen-bond donors (Lipinski definition) is 1. The average molecular weight is 287 g/mol. The molecule has 2 aromatic rings. The summed E-state index contributed by atoms with van der Waals surface area (Å²) in [5, 5.41) is 3.69. The van der Waals surface area contributed by atoms with E-state index in [4.69, 9.17) is 4.98 Å². The van der Waals surface area contributed by atoms with Crippen molar-refractivity contribution in [1.82, 2.24) is 14.9 Å². The number of hydrogen-bond acceptors (Lipinski definition) is 2. The predicted molar refractivity (Wildman–Crippen MR) is 90.6 cm³/mol. The van der Waals surface area contributed by atoms with Crippen LogP contribution in [0.25, 0.3) is 11.0 Å². The first-order valence-corrected chi connectivity index (χ1v) is 8.04. The van der Waals surface area contributed by atoms with E-state index in [0.29, 0.717) is 11.5 Å². The van der Waals surface area contributed by atoms with Crippen LogP contribution in [0.15, 0.2) is 24.3 Å². The topological polar surface area (TPSA) is 29.9 Å². The lowest BCUT2D eigenvalue weighted by atomic mass is 9.87. The van der Waals surface area contributed by atoms with Gasteiger partial charge < -0.3 is 9.88 Å². The van der Waals surface area contributed by atoms with Gasteiger partial charge in [0.05, 0.1) is 11.0 Å². The number of fused-ring (bicyclic) bond motifs is 1. The van der Waals surface area contributed by atoms with Crippen LogP contribution in [0.3, 0.4) is 0 Å². The summed E-state index contributed by atoms with van der Waals surface area (Å²) in [5.74, 6) is 1.18. The molecule has 1 heterocycles.